The van der Waals surface area contributed by atoms with Crippen molar-refractivity contribution in [1.82, 2.24) is 0 Å². The van der Waals surface area contributed by atoms with E-state index in [2.05, 4.69) is 15.9 Å². The highest BCUT2D eigenvalue weighted by Crippen LogP contribution is 2.42. The van der Waals surface area contributed by atoms with Gasteiger partial charge in [0.15, 0.2) is 0 Å². The number of aryl methyl sites for hydroxylation is 1. The minimum absolute atomic E-state index is 0.0429. The number of hydrogen-bond acceptors (Lipinski definition) is 0. The molecule has 0 radical (unpaired) electrons. The summed E-state index contributed by atoms with van der Waals surface area (Å²) < 4.78 is 27.0. The first kappa shape index (κ1) is 8.17. The number of fused-ring (bicyclic) bond motifs is 1. The Labute approximate surface area is 77.7 Å². The van der Waals surface area contributed by atoms with Crippen LogP contribution < -0.4 is 0 Å². The number of benzene rings is 1. The monoisotopic (exact) mass is 232 g/mol. The fourth-order valence-electron chi connectivity index (χ4n) is 1.55. The van der Waals surface area contributed by atoms with Crippen LogP contribution in [0.15, 0.2) is 22.7 Å². The fraction of sp³-hybridized carbons (Fsp3) is 0.333. The molecule has 0 unspecified atom stereocenters. The first-order valence-electron chi connectivity index (χ1n) is 3.76. The Morgan fingerprint density at radius 1 is 1.33 bits per heavy atom. The van der Waals surface area contributed by atoms with Gasteiger partial charge in [0, 0.05) is 16.5 Å². The number of rotatable bonds is 0. The first-order chi connectivity index (χ1) is 5.59. The molecule has 1 aliphatic rings. The van der Waals surface area contributed by atoms with Gasteiger partial charge < -0.3 is 0 Å². The van der Waals surface area contributed by atoms with Crippen LogP contribution in [-0.2, 0) is 12.3 Å². The molecule has 1 aliphatic carbocycles. The van der Waals surface area contributed by atoms with Gasteiger partial charge in [-0.2, -0.15) is 0 Å². The molecule has 0 saturated carbocycles. The summed E-state index contributed by atoms with van der Waals surface area (Å²) in [5.74, 6) is -2.60. The van der Waals surface area contributed by atoms with Crippen LogP contribution in [-0.4, -0.2) is 0 Å². The highest BCUT2D eigenvalue weighted by Gasteiger charge is 2.38. The fourth-order valence-corrected chi connectivity index (χ4v) is 1.96. The lowest BCUT2D eigenvalue weighted by molar-refractivity contribution is -0.00184. The van der Waals surface area contributed by atoms with Gasteiger partial charge >= 0.3 is 0 Å². The molecule has 12 heavy (non-hydrogen) atoms. The van der Waals surface area contributed by atoms with E-state index >= 15 is 0 Å². The minimum Gasteiger partial charge on any atom is -0.201 e. The van der Waals surface area contributed by atoms with Gasteiger partial charge in [-0.05, 0) is 24.1 Å². The highest BCUT2D eigenvalue weighted by atomic mass is 79.9. The lowest BCUT2D eigenvalue weighted by Crippen LogP contribution is -2.06. The molecule has 0 amide bonds. The maximum absolute atomic E-state index is 13.1. The third kappa shape index (κ3) is 1.16. The van der Waals surface area contributed by atoms with E-state index in [1.54, 1.807) is 12.1 Å². The Bertz CT molecular complexity index is 320. The van der Waals surface area contributed by atoms with Gasteiger partial charge in [0.25, 0.3) is 5.92 Å². The Morgan fingerprint density at radius 3 is 2.83 bits per heavy atom. The van der Waals surface area contributed by atoms with Crippen LogP contribution in [0.2, 0.25) is 0 Å². The molecule has 0 heterocycles. The Kier molecular flexibility index (Phi) is 1.72. The second kappa shape index (κ2) is 2.52. The third-order valence-electron chi connectivity index (χ3n) is 2.17. The van der Waals surface area contributed by atoms with Crippen molar-refractivity contribution in [2.24, 2.45) is 0 Å². The van der Waals surface area contributed by atoms with Crippen LogP contribution >= 0.6 is 15.9 Å². The van der Waals surface area contributed by atoms with Gasteiger partial charge in [-0.1, -0.05) is 22.0 Å². The average Bonchev–Trinajstić information content (AvgIpc) is 2.27. The normalized spacial score (nSPS) is 19.2. The molecule has 64 valence electrons. The molecule has 1 aromatic carbocycles. The standard InChI is InChI=1S/C9H7BrF2/c10-7-1-2-8-6(5-7)3-4-9(8,11)12/h1-2,5H,3-4H2. The van der Waals surface area contributed by atoms with Gasteiger partial charge in [0.2, 0.25) is 0 Å². The van der Waals surface area contributed by atoms with Gasteiger partial charge in [-0.3, -0.25) is 0 Å². The zero-order chi connectivity index (χ0) is 8.77. The predicted octanol–water partition coefficient (Wildman–Crippen LogP) is 3.49. The van der Waals surface area contributed by atoms with E-state index in [0.717, 1.165) is 10.0 Å². The van der Waals surface area contributed by atoms with Gasteiger partial charge in [0.1, 0.15) is 0 Å². The SMILES string of the molecule is FC1(F)CCc2cc(Br)ccc21. The minimum atomic E-state index is -2.60. The topological polar surface area (TPSA) is 0 Å². The van der Waals surface area contributed by atoms with E-state index < -0.39 is 5.92 Å². The van der Waals surface area contributed by atoms with Crippen LogP contribution in [0.25, 0.3) is 0 Å². The Balaban J connectivity index is 2.55. The van der Waals surface area contributed by atoms with Crippen LogP contribution in [0, 0.1) is 0 Å². The number of halogens is 3. The number of hydrogen-bond donors (Lipinski definition) is 0. The molecule has 0 bridgehead atoms. The highest BCUT2D eigenvalue weighted by molar-refractivity contribution is 9.10. The summed E-state index contributed by atoms with van der Waals surface area (Å²) in [7, 11) is 0. The van der Waals surface area contributed by atoms with Crippen molar-refractivity contribution >= 4 is 15.9 Å². The van der Waals surface area contributed by atoms with Gasteiger partial charge in [-0.25, -0.2) is 8.78 Å². The second-order valence-corrected chi connectivity index (χ2v) is 3.92. The molecule has 0 N–H and O–H groups in total. The molecule has 0 spiro atoms. The summed E-state index contributed by atoms with van der Waals surface area (Å²) in [5, 5.41) is 0. The molecule has 2 rings (SSSR count). The zero-order valence-corrected chi connectivity index (χ0v) is 7.87. The second-order valence-electron chi connectivity index (χ2n) is 3.01. The maximum Gasteiger partial charge on any atom is 0.273 e. The quantitative estimate of drug-likeness (QED) is 0.643. The molecule has 0 atom stereocenters. The summed E-state index contributed by atoms with van der Waals surface area (Å²) in [6.07, 6.45) is 0.445. The van der Waals surface area contributed by atoms with Gasteiger partial charge in [0.05, 0.1) is 0 Å². The average molecular weight is 233 g/mol. The maximum atomic E-state index is 13.1. The van der Waals surface area contributed by atoms with Crippen molar-refractivity contribution in [3.05, 3.63) is 33.8 Å². The van der Waals surface area contributed by atoms with Crippen molar-refractivity contribution < 1.29 is 8.78 Å². The van der Waals surface area contributed by atoms with E-state index in [1.165, 1.54) is 6.07 Å². The summed E-state index contributed by atoms with van der Waals surface area (Å²) in [6, 6.07) is 4.95. The Hall–Kier alpha value is -0.440. The van der Waals surface area contributed by atoms with Crippen LogP contribution in [0.3, 0.4) is 0 Å². The molecule has 1 aromatic rings. The van der Waals surface area contributed by atoms with Crippen molar-refractivity contribution in [1.29, 1.82) is 0 Å². The van der Waals surface area contributed by atoms with Gasteiger partial charge in [-0.15, -0.1) is 0 Å². The largest absolute Gasteiger partial charge is 0.273 e. The zero-order valence-electron chi connectivity index (χ0n) is 6.28. The third-order valence-corrected chi connectivity index (χ3v) is 2.66. The van der Waals surface area contributed by atoms with E-state index in [1.807, 2.05) is 0 Å². The molecule has 0 saturated heterocycles. The molecule has 3 heteroatoms. The van der Waals surface area contributed by atoms with E-state index in [4.69, 9.17) is 0 Å². The molecule has 0 aliphatic heterocycles. The molecular formula is C9H7BrF2. The van der Waals surface area contributed by atoms with Crippen molar-refractivity contribution in [2.75, 3.05) is 0 Å². The first-order valence-corrected chi connectivity index (χ1v) is 4.56. The van der Waals surface area contributed by atoms with Crippen molar-refractivity contribution in [2.45, 2.75) is 18.8 Å². The molecule has 0 aromatic heterocycles. The van der Waals surface area contributed by atoms with E-state index in [0.29, 0.717) is 6.42 Å². The predicted molar refractivity (Wildman–Crippen MR) is 46.4 cm³/mol. The van der Waals surface area contributed by atoms with Crippen LogP contribution in [0.5, 0.6) is 0 Å². The summed E-state index contributed by atoms with van der Waals surface area (Å²) in [5.41, 5.74) is 0.972. The molecule has 0 fully saturated rings. The lowest BCUT2D eigenvalue weighted by Gasteiger charge is -2.08. The Morgan fingerprint density at radius 2 is 2.08 bits per heavy atom. The molecule has 0 nitrogen and oxygen atoms in total. The molecular weight excluding hydrogens is 226 g/mol. The van der Waals surface area contributed by atoms with Crippen LogP contribution in [0.1, 0.15) is 17.5 Å². The lowest BCUT2D eigenvalue weighted by atomic mass is 10.1. The van der Waals surface area contributed by atoms with Crippen molar-refractivity contribution in [3.63, 3.8) is 0 Å². The van der Waals surface area contributed by atoms with Crippen LogP contribution in [0.4, 0.5) is 8.78 Å². The summed E-state index contributed by atoms with van der Waals surface area (Å²) >= 11 is 3.26. The number of alkyl halides is 2. The summed E-state index contributed by atoms with van der Waals surface area (Å²) in [4.78, 5) is 0. The van der Waals surface area contributed by atoms with Crippen molar-refractivity contribution in [3.8, 4) is 0 Å². The van der Waals surface area contributed by atoms with E-state index in [9.17, 15) is 8.78 Å². The smallest absolute Gasteiger partial charge is 0.201 e. The summed E-state index contributed by atoms with van der Waals surface area (Å²) in [6.45, 7) is 0. The van der Waals surface area contributed by atoms with E-state index in [-0.39, 0.29) is 12.0 Å².